The van der Waals surface area contributed by atoms with Gasteiger partial charge in [-0.2, -0.15) is 5.10 Å². The number of benzene rings is 1. The summed E-state index contributed by atoms with van der Waals surface area (Å²) in [6.45, 7) is 5.25. The average molecular weight is 376 g/mol. The summed E-state index contributed by atoms with van der Waals surface area (Å²) in [6, 6.07) is 6.08. The molecule has 0 aliphatic heterocycles. The van der Waals surface area contributed by atoms with Crippen molar-refractivity contribution < 1.29 is 17.6 Å². The third-order valence-corrected chi connectivity index (χ3v) is 5.44. The second-order valence-corrected chi connectivity index (χ2v) is 8.76. The van der Waals surface area contributed by atoms with Crippen molar-refractivity contribution in [1.29, 1.82) is 0 Å². The highest BCUT2D eigenvalue weighted by atomic mass is 32.2. The first-order chi connectivity index (χ1) is 12.1. The number of nitrogens with one attached hydrogen (secondary N) is 2. The Morgan fingerprint density at radius 2 is 1.92 bits per heavy atom. The number of fused-ring (bicyclic) bond motifs is 1. The van der Waals surface area contributed by atoms with Crippen molar-refractivity contribution in [3.8, 4) is 0 Å². The lowest BCUT2D eigenvalue weighted by atomic mass is 9.96. The molecule has 0 spiro atoms. The molecule has 0 atom stereocenters. The molecule has 0 aliphatic carbocycles. The molecule has 0 unspecified atom stereocenters. The van der Waals surface area contributed by atoms with E-state index in [1.807, 2.05) is 0 Å². The standard InChI is InChI=1S/C17H17FN4O3S/c1-17(2,3)16(23)20-15-13-8-12(9-19-14(13)21-22-15)26(24,25)11-6-4-5-10(18)7-11/h4-9H,1-3H3,(H2,19,20,21,22,23). The Kier molecular flexibility index (Phi) is 4.27. The smallest absolute Gasteiger partial charge is 0.230 e. The number of pyridine rings is 1. The summed E-state index contributed by atoms with van der Waals surface area (Å²) in [5.74, 6) is -0.660. The predicted octanol–water partition coefficient (Wildman–Crippen LogP) is 2.91. The van der Waals surface area contributed by atoms with E-state index in [0.717, 1.165) is 18.3 Å². The third kappa shape index (κ3) is 3.30. The van der Waals surface area contributed by atoms with Crippen molar-refractivity contribution in [2.45, 2.75) is 30.6 Å². The highest BCUT2D eigenvalue weighted by Gasteiger charge is 2.24. The second-order valence-electron chi connectivity index (χ2n) is 6.81. The molecule has 0 saturated carbocycles. The number of hydrogen-bond acceptors (Lipinski definition) is 5. The average Bonchev–Trinajstić information content (AvgIpc) is 2.96. The van der Waals surface area contributed by atoms with Gasteiger partial charge in [0.25, 0.3) is 0 Å². The zero-order chi connectivity index (χ0) is 19.1. The summed E-state index contributed by atoms with van der Waals surface area (Å²) in [7, 11) is -3.96. The number of rotatable bonds is 3. The summed E-state index contributed by atoms with van der Waals surface area (Å²) < 4.78 is 38.8. The van der Waals surface area contributed by atoms with E-state index in [9.17, 15) is 17.6 Å². The van der Waals surface area contributed by atoms with Crippen LogP contribution in [-0.2, 0) is 14.6 Å². The van der Waals surface area contributed by atoms with Gasteiger partial charge in [-0.15, -0.1) is 0 Å². The fourth-order valence-electron chi connectivity index (χ4n) is 2.19. The van der Waals surface area contributed by atoms with Crippen LogP contribution in [0.2, 0.25) is 0 Å². The Balaban J connectivity index is 2.06. The number of anilines is 1. The van der Waals surface area contributed by atoms with E-state index in [4.69, 9.17) is 0 Å². The lowest BCUT2D eigenvalue weighted by molar-refractivity contribution is -0.123. The molecule has 1 aromatic carbocycles. The number of carbonyl (C=O) groups excluding carboxylic acids is 1. The Bertz CT molecular complexity index is 1100. The minimum Gasteiger partial charge on any atom is -0.310 e. The van der Waals surface area contributed by atoms with Crippen LogP contribution in [0, 0.1) is 11.2 Å². The van der Waals surface area contributed by atoms with Crippen LogP contribution in [0.4, 0.5) is 10.2 Å². The summed E-state index contributed by atoms with van der Waals surface area (Å²) in [5.41, 5.74) is -0.386. The SMILES string of the molecule is CC(C)(C)C(=O)Nc1[nH]nc2ncc(S(=O)(=O)c3cccc(F)c3)cc12. The first kappa shape index (κ1) is 18.0. The fraction of sp³-hybridized carbons (Fsp3) is 0.235. The summed E-state index contributed by atoms with van der Waals surface area (Å²) in [4.78, 5) is 15.9. The van der Waals surface area contributed by atoms with Crippen molar-refractivity contribution in [3.63, 3.8) is 0 Å². The second kappa shape index (κ2) is 6.17. The lowest BCUT2D eigenvalue weighted by Gasteiger charge is -2.16. The molecule has 9 heteroatoms. The van der Waals surface area contributed by atoms with Gasteiger partial charge >= 0.3 is 0 Å². The third-order valence-electron chi connectivity index (χ3n) is 3.72. The van der Waals surface area contributed by atoms with E-state index < -0.39 is 21.1 Å². The zero-order valence-electron chi connectivity index (χ0n) is 14.4. The summed E-state index contributed by atoms with van der Waals surface area (Å²) in [6.07, 6.45) is 1.15. The van der Waals surface area contributed by atoms with Crippen LogP contribution in [0.5, 0.6) is 0 Å². The van der Waals surface area contributed by atoms with Gasteiger partial charge in [-0.3, -0.25) is 9.89 Å². The van der Waals surface area contributed by atoms with E-state index in [1.165, 1.54) is 18.2 Å². The number of sulfone groups is 1. The van der Waals surface area contributed by atoms with Crippen molar-refractivity contribution in [1.82, 2.24) is 15.2 Å². The number of aromatic amines is 1. The maximum atomic E-state index is 13.4. The molecule has 0 saturated heterocycles. The molecule has 0 fully saturated rings. The topological polar surface area (TPSA) is 105 Å². The molecular formula is C17H17FN4O3S. The molecule has 2 heterocycles. The van der Waals surface area contributed by atoms with Gasteiger partial charge in [-0.05, 0) is 24.3 Å². The molecule has 26 heavy (non-hydrogen) atoms. The van der Waals surface area contributed by atoms with Gasteiger partial charge in [0.1, 0.15) is 11.6 Å². The van der Waals surface area contributed by atoms with Gasteiger partial charge in [-0.1, -0.05) is 26.8 Å². The number of carbonyl (C=O) groups is 1. The molecule has 3 rings (SSSR count). The molecule has 1 amide bonds. The van der Waals surface area contributed by atoms with E-state index in [-0.39, 0.29) is 27.2 Å². The first-order valence-corrected chi connectivity index (χ1v) is 9.23. The molecule has 2 aromatic heterocycles. The molecule has 0 radical (unpaired) electrons. The molecule has 0 bridgehead atoms. The highest BCUT2D eigenvalue weighted by molar-refractivity contribution is 7.91. The number of aromatic nitrogens is 3. The monoisotopic (exact) mass is 376 g/mol. The van der Waals surface area contributed by atoms with Crippen LogP contribution in [0.3, 0.4) is 0 Å². The first-order valence-electron chi connectivity index (χ1n) is 7.75. The van der Waals surface area contributed by atoms with Crippen molar-refractivity contribution in [2.24, 2.45) is 5.41 Å². The Morgan fingerprint density at radius 1 is 1.19 bits per heavy atom. The number of H-pyrrole nitrogens is 1. The Labute approximate surface area is 149 Å². The molecule has 136 valence electrons. The van der Waals surface area contributed by atoms with Crippen LogP contribution in [0.25, 0.3) is 11.0 Å². The van der Waals surface area contributed by atoms with Crippen LogP contribution >= 0.6 is 0 Å². The number of halogens is 1. The zero-order valence-corrected chi connectivity index (χ0v) is 15.2. The number of hydrogen-bond donors (Lipinski definition) is 2. The lowest BCUT2D eigenvalue weighted by Crippen LogP contribution is -2.27. The van der Waals surface area contributed by atoms with Gasteiger partial charge in [0.15, 0.2) is 5.65 Å². The Morgan fingerprint density at radius 3 is 2.58 bits per heavy atom. The number of amides is 1. The number of nitrogens with zero attached hydrogens (tertiary/aromatic N) is 2. The van der Waals surface area contributed by atoms with Gasteiger partial charge in [0, 0.05) is 11.6 Å². The minimum absolute atomic E-state index is 0.122. The van der Waals surface area contributed by atoms with E-state index in [0.29, 0.717) is 5.39 Å². The van der Waals surface area contributed by atoms with Crippen molar-refractivity contribution in [3.05, 3.63) is 42.3 Å². The summed E-state index contributed by atoms with van der Waals surface area (Å²) >= 11 is 0. The van der Waals surface area contributed by atoms with Gasteiger partial charge in [0.2, 0.25) is 15.7 Å². The van der Waals surface area contributed by atoms with Crippen molar-refractivity contribution >= 4 is 32.6 Å². The predicted molar refractivity (Wildman–Crippen MR) is 93.8 cm³/mol. The molecule has 3 aromatic rings. The van der Waals surface area contributed by atoms with Crippen LogP contribution in [0.15, 0.2) is 46.3 Å². The maximum absolute atomic E-state index is 13.4. The molecule has 7 nitrogen and oxygen atoms in total. The Hall–Kier alpha value is -2.81. The molecular weight excluding hydrogens is 359 g/mol. The van der Waals surface area contributed by atoms with Crippen LogP contribution < -0.4 is 5.32 Å². The quantitative estimate of drug-likeness (QED) is 0.731. The van der Waals surface area contributed by atoms with E-state index in [2.05, 4.69) is 20.5 Å². The van der Waals surface area contributed by atoms with E-state index in [1.54, 1.807) is 20.8 Å². The van der Waals surface area contributed by atoms with Crippen LogP contribution in [0.1, 0.15) is 20.8 Å². The fourth-order valence-corrected chi connectivity index (χ4v) is 3.46. The normalized spacial score (nSPS) is 12.3. The minimum atomic E-state index is -3.96. The molecule has 0 aliphatic rings. The van der Waals surface area contributed by atoms with E-state index >= 15 is 0 Å². The maximum Gasteiger partial charge on any atom is 0.230 e. The van der Waals surface area contributed by atoms with Crippen molar-refractivity contribution in [2.75, 3.05) is 5.32 Å². The van der Waals surface area contributed by atoms with Crippen LogP contribution in [-0.4, -0.2) is 29.5 Å². The van der Waals surface area contributed by atoms with Gasteiger partial charge in [-0.25, -0.2) is 17.8 Å². The largest absolute Gasteiger partial charge is 0.310 e. The summed E-state index contributed by atoms with van der Waals surface area (Å²) in [5, 5.41) is 9.63. The molecule has 2 N–H and O–H groups in total. The van der Waals surface area contributed by atoms with Gasteiger partial charge < -0.3 is 5.32 Å². The highest BCUT2D eigenvalue weighted by Crippen LogP contribution is 2.27. The van der Waals surface area contributed by atoms with Gasteiger partial charge in [0.05, 0.1) is 15.2 Å².